The van der Waals surface area contributed by atoms with E-state index in [4.69, 9.17) is 0 Å². The third-order valence-corrected chi connectivity index (χ3v) is 3.88. The Hall–Kier alpha value is -0.970. The van der Waals surface area contributed by atoms with Gasteiger partial charge in [0.1, 0.15) is 0 Å². The van der Waals surface area contributed by atoms with Crippen molar-refractivity contribution >= 4 is 36.4 Å². The normalized spacial score (nSPS) is 17.2. The van der Waals surface area contributed by atoms with E-state index < -0.39 is 0 Å². The number of halogens is 2. The van der Waals surface area contributed by atoms with Crippen LogP contribution in [-0.2, 0) is 0 Å². The van der Waals surface area contributed by atoms with Gasteiger partial charge in [-0.05, 0) is 37.6 Å². The molecule has 1 heterocycles. The zero-order valence-electron chi connectivity index (χ0n) is 13.5. The number of nitrogens with zero attached hydrogens (tertiary/aromatic N) is 2. The maximum absolute atomic E-state index is 12.5. The van der Waals surface area contributed by atoms with Gasteiger partial charge in [0.2, 0.25) is 0 Å². The molecule has 0 radical (unpaired) electrons. The second kappa shape index (κ2) is 9.93. The van der Waals surface area contributed by atoms with Gasteiger partial charge in [0.25, 0.3) is 5.91 Å². The van der Waals surface area contributed by atoms with Gasteiger partial charge >= 0.3 is 0 Å². The third kappa shape index (κ3) is 5.04. The number of amides is 1. The summed E-state index contributed by atoms with van der Waals surface area (Å²) in [4.78, 5) is 16.7. The predicted molar refractivity (Wildman–Crippen MR) is 97.9 cm³/mol. The SMILES string of the molecule is CCCN(C)c1ccc(C(=O)N2CCNC[C@@H]2C)cc1.Cl.Cl. The molecule has 0 saturated carbocycles. The minimum atomic E-state index is 0. The van der Waals surface area contributed by atoms with E-state index in [0.29, 0.717) is 0 Å². The predicted octanol–water partition coefficient (Wildman–Crippen LogP) is 2.81. The van der Waals surface area contributed by atoms with Gasteiger partial charge in [-0.25, -0.2) is 0 Å². The molecule has 1 atom stereocenters. The van der Waals surface area contributed by atoms with Gasteiger partial charge < -0.3 is 15.1 Å². The number of rotatable bonds is 4. The standard InChI is InChI=1S/C16H25N3O.2ClH/c1-4-10-18(3)15-7-5-14(6-8-15)16(20)19-11-9-17-12-13(19)2;;/h5-8,13,17H,4,9-12H2,1-3H3;2*1H/t13-;;/m0../s1. The second-order valence-corrected chi connectivity index (χ2v) is 5.52. The van der Waals surface area contributed by atoms with Crippen LogP contribution in [0.15, 0.2) is 24.3 Å². The fourth-order valence-electron chi connectivity index (χ4n) is 2.63. The first-order valence-corrected chi connectivity index (χ1v) is 7.46. The van der Waals surface area contributed by atoms with Crippen molar-refractivity contribution in [3.8, 4) is 0 Å². The average molecular weight is 348 g/mol. The Balaban J connectivity index is 0.00000220. The molecule has 126 valence electrons. The molecular weight excluding hydrogens is 321 g/mol. The summed E-state index contributed by atoms with van der Waals surface area (Å²) in [7, 11) is 2.08. The smallest absolute Gasteiger partial charge is 0.254 e. The summed E-state index contributed by atoms with van der Waals surface area (Å²) in [6, 6.07) is 8.22. The molecule has 4 nitrogen and oxygen atoms in total. The van der Waals surface area contributed by atoms with E-state index in [1.54, 1.807) is 0 Å². The van der Waals surface area contributed by atoms with Crippen LogP contribution in [0, 0.1) is 0 Å². The Labute approximate surface area is 146 Å². The third-order valence-electron chi connectivity index (χ3n) is 3.88. The van der Waals surface area contributed by atoms with Crippen molar-refractivity contribution in [2.24, 2.45) is 0 Å². The zero-order chi connectivity index (χ0) is 14.5. The number of hydrogen-bond donors (Lipinski definition) is 1. The van der Waals surface area contributed by atoms with Gasteiger partial charge in [0.05, 0.1) is 0 Å². The Morgan fingerprint density at radius 2 is 1.95 bits per heavy atom. The van der Waals surface area contributed by atoms with E-state index in [1.807, 2.05) is 29.2 Å². The fraction of sp³-hybridized carbons (Fsp3) is 0.562. The maximum Gasteiger partial charge on any atom is 0.254 e. The van der Waals surface area contributed by atoms with Crippen molar-refractivity contribution in [2.45, 2.75) is 26.3 Å². The summed E-state index contributed by atoms with van der Waals surface area (Å²) in [6.07, 6.45) is 1.12. The Morgan fingerprint density at radius 3 is 2.50 bits per heavy atom. The average Bonchev–Trinajstić information content (AvgIpc) is 2.47. The molecule has 2 rings (SSSR count). The van der Waals surface area contributed by atoms with Crippen molar-refractivity contribution in [1.82, 2.24) is 10.2 Å². The molecule has 0 aliphatic carbocycles. The zero-order valence-corrected chi connectivity index (χ0v) is 15.2. The molecule has 1 N–H and O–H groups in total. The molecule has 1 aliphatic heterocycles. The lowest BCUT2D eigenvalue weighted by Crippen LogP contribution is -2.52. The number of piperazine rings is 1. The van der Waals surface area contributed by atoms with Gasteiger partial charge in [0.15, 0.2) is 0 Å². The van der Waals surface area contributed by atoms with Crippen LogP contribution in [0.2, 0.25) is 0 Å². The molecule has 1 aromatic carbocycles. The highest BCUT2D eigenvalue weighted by molar-refractivity contribution is 5.94. The monoisotopic (exact) mass is 347 g/mol. The number of hydrogen-bond acceptors (Lipinski definition) is 3. The number of carbonyl (C=O) groups is 1. The summed E-state index contributed by atoms with van der Waals surface area (Å²) in [5.74, 6) is 0.142. The van der Waals surface area contributed by atoms with Gasteiger partial charge in [-0.2, -0.15) is 0 Å². The van der Waals surface area contributed by atoms with Gasteiger partial charge in [-0.15, -0.1) is 24.8 Å². The summed E-state index contributed by atoms with van der Waals surface area (Å²) in [6.45, 7) is 7.84. The molecule has 1 fully saturated rings. The quantitative estimate of drug-likeness (QED) is 0.909. The van der Waals surface area contributed by atoms with E-state index in [-0.39, 0.29) is 36.8 Å². The minimum absolute atomic E-state index is 0. The summed E-state index contributed by atoms with van der Waals surface area (Å²) >= 11 is 0. The van der Waals surface area contributed by atoms with Crippen molar-refractivity contribution < 1.29 is 4.79 Å². The highest BCUT2D eigenvalue weighted by atomic mass is 35.5. The van der Waals surface area contributed by atoms with Crippen LogP contribution in [0.5, 0.6) is 0 Å². The van der Waals surface area contributed by atoms with Crippen LogP contribution in [0.1, 0.15) is 30.6 Å². The summed E-state index contributed by atoms with van der Waals surface area (Å²) in [5.41, 5.74) is 1.95. The first-order chi connectivity index (χ1) is 9.63. The van der Waals surface area contributed by atoms with Gasteiger partial charge in [-0.3, -0.25) is 4.79 Å². The number of benzene rings is 1. The van der Waals surface area contributed by atoms with Crippen LogP contribution in [0.3, 0.4) is 0 Å². The molecule has 6 heteroatoms. The number of carbonyl (C=O) groups excluding carboxylic acids is 1. The summed E-state index contributed by atoms with van der Waals surface area (Å²) in [5, 5.41) is 3.31. The first-order valence-electron chi connectivity index (χ1n) is 7.46. The first kappa shape index (κ1) is 21.0. The lowest BCUT2D eigenvalue weighted by molar-refractivity contribution is 0.0656. The number of anilines is 1. The van der Waals surface area contributed by atoms with E-state index in [1.165, 1.54) is 0 Å². The molecule has 0 unspecified atom stereocenters. The van der Waals surface area contributed by atoms with Crippen LogP contribution in [0.25, 0.3) is 0 Å². The van der Waals surface area contributed by atoms with Crippen molar-refractivity contribution in [3.05, 3.63) is 29.8 Å². The highest BCUT2D eigenvalue weighted by Crippen LogP contribution is 2.16. The van der Waals surface area contributed by atoms with Crippen LogP contribution in [0.4, 0.5) is 5.69 Å². The van der Waals surface area contributed by atoms with E-state index >= 15 is 0 Å². The maximum atomic E-state index is 12.5. The van der Waals surface area contributed by atoms with Crippen LogP contribution >= 0.6 is 24.8 Å². The van der Waals surface area contributed by atoms with E-state index in [2.05, 4.69) is 31.1 Å². The molecule has 22 heavy (non-hydrogen) atoms. The van der Waals surface area contributed by atoms with E-state index in [9.17, 15) is 4.79 Å². The van der Waals surface area contributed by atoms with Gasteiger partial charge in [0, 0.05) is 50.5 Å². The second-order valence-electron chi connectivity index (χ2n) is 5.52. The molecule has 0 spiro atoms. The Morgan fingerprint density at radius 1 is 1.32 bits per heavy atom. The molecule has 0 bridgehead atoms. The Bertz CT molecular complexity index is 453. The number of nitrogens with one attached hydrogen (secondary N) is 1. The van der Waals surface area contributed by atoms with Crippen molar-refractivity contribution in [2.75, 3.05) is 38.1 Å². The van der Waals surface area contributed by atoms with Crippen LogP contribution in [-0.4, -0.2) is 50.1 Å². The largest absolute Gasteiger partial charge is 0.375 e. The van der Waals surface area contributed by atoms with Gasteiger partial charge in [-0.1, -0.05) is 6.92 Å². The molecule has 1 amide bonds. The molecule has 0 aromatic heterocycles. The molecule has 1 aromatic rings. The Kier molecular flexibility index (Phi) is 9.49. The topological polar surface area (TPSA) is 35.6 Å². The lowest BCUT2D eigenvalue weighted by Gasteiger charge is -2.34. The molecule has 1 aliphatic rings. The van der Waals surface area contributed by atoms with Crippen molar-refractivity contribution in [3.63, 3.8) is 0 Å². The molecular formula is C16H27Cl2N3O. The molecule has 1 saturated heterocycles. The van der Waals surface area contributed by atoms with Crippen molar-refractivity contribution in [1.29, 1.82) is 0 Å². The minimum Gasteiger partial charge on any atom is -0.375 e. The highest BCUT2D eigenvalue weighted by Gasteiger charge is 2.23. The summed E-state index contributed by atoms with van der Waals surface area (Å²) < 4.78 is 0. The van der Waals surface area contributed by atoms with Crippen LogP contribution < -0.4 is 10.2 Å². The van der Waals surface area contributed by atoms with E-state index in [0.717, 1.165) is 43.9 Å². The lowest BCUT2D eigenvalue weighted by atomic mass is 10.1. The fourth-order valence-corrected chi connectivity index (χ4v) is 2.63.